The second-order valence-electron chi connectivity index (χ2n) is 6.38. The Bertz CT molecular complexity index is 947. The molecule has 6 heteroatoms. The van der Waals surface area contributed by atoms with E-state index in [9.17, 15) is 9.59 Å². The molecule has 0 aliphatic rings. The molecule has 0 bridgehead atoms. The highest BCUT2D eigenvalue weighted by Crippen LogP contribution is 2.18. The predicted molar refractivity (Wildman–Crippen MR) is 107 cm³/mol. The Balaban J connectivity index is 1.54. The van der Waals surface area contributed by atoms with Crippen molar-refractivity contribution in [3.63, 3.8) is 0 Å². The molecule has 0 radical (unpaired) electrons. The molecule has 0 saturated carbocycles. The number of carbonyl (C=O) groups is 2. The van der Waals surface area contributed by atoms with Crippen LogP contribution in [0, 0.1) is 13.8 Å². The molecule has 0 atom stereocenters. The van der Waals surface area contributed by atoms with E-state index in [0.29, 0.717) is 24.4 Å². The summed E-state index contributed by atoms with van der Waals surface area (Å²) in [6, 6.07) is 16.1. The lowest BCUT2D eigenvalue weighted by molar-refractivity contribution is 0.0945. The highest BCUT2D eigenvalue weighted by Gasteiger charge is 2.13. The van der Waals surface area contributed by atoms with Gasteiger partial charge < -0.3 is 19.8 Å². The first-order chi connectivity index (χ1) is 13.5. The maximum Gasteiger partial charge on any atom is 0.291 e. The Labute approximate surface area is 163 Å². The standard InChI is InChI=1S/C22H22N2O4/c1-15-5-9-18(10-6-15)27-13-11-23-21(25)17-8-7-16(2)19(14-17)24-22(26)20-4-3-12-28-20/h3-10,12,14H,11,13H2,1-2H3,(H,23,25)(H,24,26). The van der Waals surface area contributed by atoms with Crippen molar-refractivity contribution in [2.75, 3.05) is 18.5 Å². The number of nitrogens with one attached hydrogen (secondary N) is 2. The van der Waals surface area contributed by atoms with Crippen molar-refractivity contribution in [3.05, 3.63) is 83.3 Å². The number of ether oxygens (including phenoxy) is 1. The van der Waals surface area contributed by atoms with Gasteiger partial charge in [0.05, 0.1) is 12.8 Å². The average molecular weight is 378 g/mol. The summed E-state index contributed by atoms with van der Waals surface area (Å²) in [5.41, 5.74) is 3.02. The van der Waals surface area contributed by atoms with Crippen LogP contribution in [0.3, 0.4) is 0 Å². The largest absolute Gasteiger partial charge is 0.492 e. The molecule has 28 heavy (non-hydrogen) atoms. The van der Waals surface area contributed by atoms with E-state index in [1.165, 1.54) is 6.26 Å². The van der Waals surface area contributed by atoms with Gasteiger partial charge in [0.25, 0.3) is 11.8 Å². The molecule has 0 aliphatic heterocycles. The van der Waals surface area contributed by atoms with Crippen LogP contribution in [0.25, 0.3) is 0 Å². The summed E-state index contributed by atoms with van der Waals surface area (Å²) in [4.78, 5) is 24.5. The summed E-state index contributed by atoms with van der Waals surface area (Å²) in [5, 5.41) is 5.58. The summed E-state index contributed by atoms with van der Waals surface area (Å²) < 4.78 is 10.7. The van der Waals surface area contributed by atoms with Gasteiger partial charge in [-0.1, -0.05) is 23.8 Å². The topological polar surface area (TPSA) is 80.6 Å². The van der Waals surface area contributed by atoms with Crippen LogP contribution in [0.15, 0.2) is 65.3 Å². The Morgan fingerprint density at radius 2 is 1.79 bits per heavy atom. The molecule has 1 heterocycles. The number of hydrogen-bond donors (Lipinski definition) is 2. The zero-order valence-corrected chi connectivity index (χ0v) is 15.8. The van der Waals surface area contributed by atoms with Crippen molar-refractivity contribution in [3.8, 4) is 5.75 Å². The number of rotatable bonds is 7. The Morgan fingerprint density at radius 3 is 2.50 bits per heavy atom. The third-order valence-corrected chi connectivity index (χ3v) is 4.17. The number of carbonyl (C=O) groups excluding carboxylic acids is 2. The van der Waals surface area contributed by atoms with E-state index < -0.39 is 0 Å². The van der Waals surface area contributed by atoms with Gasteiger partial charge in [-0.2, -0.15) is 0 Å². The minimum Gasteiger partial charge on any atom is -0.492 e. The van der Waals surface area contributed by atoms with Crippen molar-refractivity contribution in [1.29, 1.82) is 0 Å². The molecule has 0 unspecified atom stereocenters. The minimum atomic E-state index is -0.364. The molecule has 1 aromatic heterocycles. The van der Waals surface area contributed by atoms with Crippen LogP contribution in [0.4, 0.5) is 5.69 Å². The van der Waals surface area contributed by atoms with E-state index in [0.717, 1.165) is 16.9 Å². The molecule has 0 saturated heterocycles. The van der Waals surface area contributed by atoms with Gasteiger partial charge in [-0.05, 0) is 55.8 Å². The second-order valence-corrected chi connectivity index (χ2v) is 6.38. The van der Waals surface area contributed by atoms with Crippen molar-refractivity contribution in [2.45, 2.75) is 13.8 Å². The summed E-state index contributed by atoms with van der Waals surface area (Å²) in [6.45, 7) is 4.60. The highest BCUT2D eigenvalue weighted by atomic mass is 16.5. The van der Waals surface area contributed by atoms with Crippen LogP contribution in [-0.4, -0.2) is 25.0 Å². The van der Waals surface area contributed by atoms with Crippen LogP contribution in [-0.2, 0) is 0 Å². The molecule has 2 aromatic carbocycles. The van der Waals surface area contributed by atoms with Gasteiger partial charge in [0.2, 0.25) is 0 Å². The van der Waals surface area contributed by atoms with Crippen molar-refractivity contribution in [1.82, 2.24) is 5.32 Å². The molecule has 3 rings (SSSR count). The van der Waals surface area contributed by atoms with Crippen LogP contribution in [0.2, 0.25) is 0 Å². The number of aryl methyl sites for hydroxylation is 2. The zero-order valence-electron chi connectivity index (χ0n) is 15.8. The Kier molecular flexibility index (Phi) is 6.11. The maximum absolute atomic E-state index is 12.4. The summed E-state index contributed by atoms with van der Waals surface area (Å²) in [5.74, 6) is 0.374. The van der Waals surface area contributed by atoms with Crippen LogP contribution in [0.1, 0.15) is 32.0 Å². The fourth-order valence-corrected chi connectivity index (χ4v) is 2.56. The first-order valence-corrected chi connectivity index (χ1v) is 8.96. The number of amides is 2. The van der Waals surface area contributed by atoms with Crippen molar-refractivity contribution in [2.24, 2.45) is 0 Å². The minimum absolute atomic E-state index is 0.211. The summed E-state index contributed by atoms with van der Waals surface area (Å²) in [6.07, 6.45) is 1.43. The molecule has 0 fully saturated rings. The first kappa shape index (κ1) is 19.2. The first-order valence-electron chi connectivity index (χ1n) is 8.96. The number of anilines is 1. The molecular formula is C22H22N2O4. The molecule has 2 N–H and O–H groups in total. The molecule has 0 aliphatic carbocycles. The summed E-state index contributed by atoms with van der Waals surface area (Å²) in [7, 11) is 0. The number of benzene rings is 2. The third kappa shape index (κ3) is 5.01. The molecule has 0 spiro atoms. The molecule has 2 amide bonds. The van der Waals surface area contributed by atoms with E-state index in [2.05, 4.69) is 10.6 Å². The normalized spacial score (nSPS) is 10.4. The molecule has 3 aromatic rings. The van der Waals surface area contributed by atoms with Crippen LogP contribution < -0.4 is 15.4 Å². The number of furan rings is 1. The molecule has 6 nitrogen and oxygen atoms in total. The van der Waals surface area contributed by atoms with Crippen LogP contribution >= 0.6 is 0 Å². The maximum atomic E-state index is 12.4. The second kappa shape index (κ2) is 8.90. The van der Waals surface area contributed by atoms with E-state index in [1.54, 1.807) is 30.3 Å². The Hall–Kier alpha value is -3.54. The van der Waals surface area contributed by atoms with E-state index in [4.69, 9.17) is 9.15 Å². The fraction of sp³-hybridized carbons (Fsp3) is 0.182. The molecular weight excluding hydrogens is 356 g/mol. The average Bonchev–Trinajstić information content (AvgIpc) is 3.23. The van der Waals surface area contributed by atoms with Gasteiger partial charge in [-0.25, -0.2) is 0 Å². The van der Waals surface area contributed by atoms with Crippen LogP contribution in [0.5, 0.6) is 5.75 Å². The lowest BCUT2D eigenvalue weighted by Crippen LogP contribution is -2.28. The smallest absolute Gasteiger partial charge is 0.291 e. The van der Waals surface area contributed by atoms with Gasteiger partial charge in [0, 0.05) is 11.3 Å². The lowest BCUT2D eigenvalue weighted by atomic mass is 10.1. The number of hydrogen-bond acceptors (Lipinski definition) is 4. The van der Waals surface area contributed by atoms with E-state index in [1.807, 2.05) is 38.1 Å². The highest BCUT2D eigenvalue weighted by molar-refractivity contribution is 6.03. The van der Waals surface area contributed by atoms with E-state index >= 15 is 0 Å². The van der Waals surface area contributed by atoms with Gasteiger partial charge in [0.15, 0.2) is 5.76 Å². The SMILES string of the molecule is Cc1ccc(OCCNC(=O)c2ccc(C)c(NC(=O)c3ccco3)c2)cc1. The van der Waals surface area contributed by atoms with Crippen molar-refractivity contribution < 1.29 is 18.7 Å². The van der Waals surface area contributed by atoms with Gasteiger partial charge in [0.1, 0.15) is 12.4 Å². The Morgan fingerprint density at radius 1 is 1.00 bits per heavy atom. The van der Waals surface area contributed by atoms with E-state index in [-0.39, 0.29) is 17.6 Å². The fourth-order valence-electron chi connectivity index (χ4n) is 2.56. The lowest BCUT2D eigenvalue weighted by Gasteiger charge is -2.11. The van der Waals surface area contributed by atoms with Gasteiger partial charge in [-0.15, -0.1) is 0 Å². The quantitative estimate of drug-likeness (QED) is 0.610. The zero-order chi connectivity index (χ0) is 19.9. The predicted octanol–water partition coefficient (Wildman–Crippen LogP) is 3.96. The monoisotopic (exact) mass is 378 g/mol. The molecule has 144 valence electrons. The van der Waals surface area contributed by atoms with Gasteiger partial charge >= 0.3 is 0 Å². The van der Waals surface area contributed by atoms with Crippen molar-refractivity contribution >= 4 is 17.5 Å². The van der Waals surface area contributed by atoms with Gasteiger partial charge in [-0.3, -0.25) is 9.59 Å². The third-order valence-electron chi connectivity index (χ3n) is 4.17. The summed E-state index contributed by atoms with van der Waals surface area (Å²) >= 11 is 0.